The minimum Gasteiger partial charge on any atom is -0.481 e. The minimum atomic E-state index is -0.830. The van der Waals surface area contributed by atoms with E-state index in [0.717, 1.165) is 55.1 Å². The predicted octanol–water partition coefficient (Wildman–Crippen LogP) is 6.82. The van der Waals surface area contributed by atoms with Gasteiger partial charge < -0.3 is 14.9 Å². The normalized spacial score (nSPS) is 12.4. The van der Waals surface area contributed by atoms with Crippen LogP contribution in [0.15, 0.2) is 54.7 Å². The molecule has 0 amide bonds. The van der Waals surface area contributed by atoms with Crippen LogP contribution in [-0.4, -0.2) is 26.8 Å². The van der Waals surface area contributed by atoms with Gasteiger partial charge in [-0.1, -0.05) is 56.3 Å². The molecule has 0 radical (unpaired) electrons. The van der Waals surface area contributed by atoms with Crippen LogP contribution in [-0.2, 0) is 29.2 Å². The van der Waals surface area contributed by atoms with Crippen LogP contribution in [0.4, 0.5) is 0 Å². The van der Waals surface area contributed by atoms with Crippen LogP contribution in [0.5, 0.6) is 0 Å². The van der Waals surface area contributed by atoms with Crippen molar-refractivity contribution in [2.24, 2.45) is 0 Å². The number of carboxylic acid groups (broad SMARTS) is 1. The average Bonchev–Trinajstić information content (AvgIpc) is 2.81. The number of hydrogen-bond acceptors (Lipinski definition) is 4. The smallest absolute Gasteiger partial charge is 0.307 e. The van der Waals surface area contributed by atoms with Gasteiger partial charge in [0.1, 0.15) is 0 Å². The molecular formula is C30H35NO4. The zero-order chi connectivity index (χ0) is 25.8. The molecule has 0 unspecified atom stereocenters. The summed E-state index contributed by atoms with van der Waals surface area (Å²) < 4.78 is 5.69. The van der Waals surface area contributed by atoms with E-state index in [1.54, 1.807) is 20.8 Å². The lowest BCUT2D eigenvalue weighted by Crippen LogP contribution is -2.10. The number of fused-ring (bicyclic) bond motifs is 1. The van der Waals surface area contributed by atoms with Crippen LogP contribution < -0.4 is 0 Å². The summed E-state index contributed by atoms with van der Waals surface area (Å²) in [4.78, 5) is 16.4. The molecule has 1 aliphatic heterocycles. The van der Waals surface area contributed by atoms with E-state index < -0.39 is 11.6 Å². The Balaban J connectivity index is 0.000000438. The first-order chi connectivity index (χ1) is 16.6. The summed E-state index contributed by atoms with van der Waals surface area (Å²) >= 11 is 0. The van der Waals surface area contributed by atoms with Gasteiger partial charge >= 0.3 is 5.97 Å². The van der Waals surface area contributed by atoms with Gasteiger partial charge in [0.2, 0.25) is 0 Å². The average molecular weight is 474 g/mol. The highest BCUT2D eigenvalue weighted by atomic mass is 16.5. The lowest BCUT2D eigenvalue weighted by atomic mass is 9.86. The van der Waals surface area contributed by atoms with Crippen molar-refractivity contribution in [3.8, 4) is 11.1 Å². The third kappa shape index (κ3) is 6.05. The van der Waals surface area contributed by atoms with Gasteiger partial charge in [-0.3, -0.25) is 9.78 Å². The number of aliphatic hydroxyl groups is 1. The fourth-order valence-corrected chi connectivity index (χ4v) is 4.34. The van der Waals surface area contributed by atoms with Gasteiger partial charge in [0, 0.05) is 17.1 Å². The molecule has 1 aliphatic rings. The monoisotopic (exact) mass is 473 g/mol. The van der Waals surface area contributed by atoms with E-state index in [9.17, 15) is 9.90 Å². The van der Waals surface area contributed by atoms with E-state index in [-0.39, 0.29) is 6.42 Å². The van der Waals surface area contributed by atoms with Crippen molar-refractivity contribution in [3.05, 3.63) is 77.0 Å². The fourth-order valence-electron chi connectivity index (χ4n) is 4.34. The summed E-state index contributed by atoms with van der Waals surface area (Å²) in [7, 11) is 0. The molecule has 4 aromatic rings. The van der Waals surface area contributed by atoms with Crippen LogP contribution in [0, 0.1) is 6.92 Å². The Hall–Kier alpha value is -3.28. The quantitative estimate of drug-likeness (QED) is 0.341. The Morgan fingerprint density at radius 3 is 2.31 bits per heavy atom. The molecule has 5 nitrogen and oxygen atoms in total. The third-order valence-corrected chi connectivity index (χ3v) is 5.56. The number of aliphatic carboxylic acids is 1. The zero-order valence-corrected chi connectivity index (χ0v) is 21.5. The molecule has 0 aliphatic carbocycles. The van der Waals surface area contributed by atoms with Gasteiger partial charge in [0.15, 0.2) is 0 Å². The summed E-state index contributed by atoms with van der Waals surface area (Å²) in [6.45, 7) is 12.4. The van der Waals surface area contributed by atoms with Crippen molar-refractivity contribution >= 4 is 27.6 Å². The molecule has 1 aromatic heterocycles. The van der Waals surface area contributed by atoms with Crippen LogP contribution in [0.25, 0.3) is 32.8 Å². The maximum absolute atomic E-state index is 11.6. The van der Waals surface area contributed by atoms with Crippen LogP contribution in [0.3, 0.4) is 0 Å². The first-order valence-corrected chi connectivity index (χ1v) is 12.1. The van der Waals surface area contributed by atoms with E-state index in [1.807, 2.05) is 45.2 Å². The Morgan fingerprint density at radius 1 is 1.03 bits per heavy atom. The van der Waals surface area contributed by atoms with Gasteiger partial charge in [-0.2, -0.15) is 0 Å². The van der Waals surface area contributed by atoms with Gasteiger partial charge in [-0.05, 0) is 72.4 Å². The Bertz CT molecular complexity index is 1340. The Morgan fingerprint density at radius 2 is 1.66 bits per heavy atom. The molecule has 5 rings (SSSR count). The molecule has 35 heavy (non-hydrogen) atoms. The molecule has 2 N–H and O–H groups in total. The molecule has 0 saturated carbocycles. The third-order valence-electron chi connectivity index (χ3n) is 5.56. The number of ether oxygens (including phenoxy) is 1. The lowest BCUT2D eigenvalue weighted by Gasteiger charge is -2.21. The van der Waals surface area contributed by atoms with Gasteiger partial charge in [-0.25, -0.2) is 0 Å². The minimum absolute atomic E-state index is 0.0158. The van der Waals surface area contributed by atoms with E-state index in [4.69, 9.17) is 14.8 Å². The highest BCUT2D eigenvalue weighted by Gasteiger charge is 2.21. The molecule has 0 saturated heterocycles. The van der Waals surface area contributed by atoms with E-state index in [0.29, 0.717) is 13.2 Å². The highest BCUT2D eigenvalue weighted by molar-refractivity contribution is 6.07. The number of carbonyl (C=O) groups is 1. The van der Waals surface area contributed by atoms with Crippen LogP contribution >= 0.6 is 0 Å². The first-order valence-electron chi connectivity index (χ1n) is 12.1. The second-order valence-electron chi connectivity index (χ2n) is 9.47. The molecule has 2 heterocycles. The summed E-state index contributed by atoms with van der Waals surface area (Å²) in [5.74, 6) is -0.830. The van der Waals surface area contributed by atoms with Crippen molar-refractivity contribution in [2.75, 3.05) is 0 Å². The maximum atomic E-state index is 11.6. The summed E-state index contributed by atoms with van der Waals surface area (Å²) in [5.41, 5.74) is 6.47. The molecular weight excluding hydrogens is 438 g/mol. The molecule has 3 aromatic carbocycles. The Kier molecular flexibility index (Phi) is 8.26. The highest BCUT2D eigenvalue weighted by Crippen LogP contribution is 2.40. The lowest BCUT2D eigenvalue weighted by molar-refractivity contribution is -0.136. The van der Waals surface area contributed by atoms with Gasteiger partial charge in [0.25, 0.3) is 0 Å². The summed E-state index contributed by atoms with van der Waals surface area (Å²) in [6.07, 6.45) is 1.80. The first kappa shape index (κ1) is 26.3. The van der Waals surface area contributed by atoms with Crippen molar-refractivity contribution in [1.29, 1.82) is 0 Å². The second-order valence-corrected chi connectivity index (χ2v) is 9.47. The van der Waals surface area contributed by atoms with Crippen molar-refractivity contribution in [3.63, 3.8) is 0 Å². The number of hydrogen-bond donors (Lipinski definition) is 2. The van der Waals surface area contributed by atoms with E-state index >= 15 is 0 Å². The molecule has 184 valence electrons. The number of rotatable bonds is 3. The van der Waals surface area contributed by atoms with E-state index in [1.165, 1.54) is 0 Å². The predicted molar refractivity (Wildman–Crippen MR) is 143 cm³/mol. The van der Waals surface area contributed by atoms with Crippen molar-refractivity contribution < 1.29 is 19.7 Å². The number of nitrogens with zero attached hydrogens (tertiary/aromatic N) is 1. The standard InChI is InChI=1S/C24H19NO3.C4H10O.C2H6/c1-14-10-15-4-2-3-5-18(15)23(20(14)11-21(26)27)19-7-6-16-12-28-13-17-8-9-25-24(19)22(16)17;1-4(2,3)5;1-2/h2-10H,11-13H2,1H3,(H,26,27);5H,1-3H3;1-2H3. The number of aromatic nitrogens is 1. The molecule has 0 atom stereocenters. The maximum Gasteiger partial charge on any atom is 0.307 e. The van der Waals surface area contributed by atoms with Crippen molar-refractivity contribution in [2.45, 2.75) is 66.8 Å². The number of carboxylic acids is 1. The zero-order valence-electron chi connectivity index (χ0n) is 21.5. The molecule has 0 fully saturated rings. The number of benzene rings is 3. The fraction of sp³-hybridized carbons (Fsp3) is 0.333. The molecule has 0 bridgehead atoms. The van der Waals surface area contributed by atoms with Gasteiger partial charge in [-0.15, -0.1) is 0 Å². The van der Waals surface area contributed by atoms with Crippen molar-refractivity contribution in [1.82, 2.24) is 4.98 Å². The number of pyridine rings is 1. The van der Waals surface area contributed by atoms with Crippen LogP contribution in [0.1, 0.15) is 56.9 Å². The second kappa shape index (κ2) is 11.0. The van der Waals surface area contributed by atoms with E-state index in [2.05, 4.69) is 30.3 Å². The molecule has 5 heteroatoms. The summed E-state index contributed by atoms with van der Waals surface area (Å²) in [6, 6.07) is 16.4. The Labute approximate surface area is 207 Å². The SMILES string of the molecule is CC.CC(C)(C)O.Cc1cc2ccccc2c(-c2ccc3c4c(ccnc24)COC3)c1CC(=O)O. The topological polar surface area (TPSA) is 79.7 Å². The largest absolute Gasteiger partial charge is 0.481 e. The van der Waals surface area contributed by atoms with Gasteiger partial charge in [0.05, 0.1) is 30.8 Å². The molecule has 0 spiro atoms. The summed E-state index contributed by atoms with van der Waals surface area (Å²) in [5, 5.41) is 21.4. The van der Waals surface area contributed by atoms with Crippen LogP contribution in [0.2, 0.25) is 0 Å². The number of aryl methyl sites for hydroxylation is 1.